The Labute approximate surface area is 183 Å². The molecular weight excluding hydrogens is 412 g/mol. The van der Waals surface area contributed by atoms with E-state index in [0.717, 1.165) is 16.1 Å². The molecule has 8 heteroatoms. The van der Waals surface area contributed by atoms with Crippen molar-refractivity contribution in [3.63, 3.8) is 0 Å². The van der Waals surface area contributed by atoms with Crippen LogP contribution in [0.1, 0.15) is 34.0 Å². The van der Waals surface area contributed by atoms with Crippen LogP contribution >= 0.6 is 11.3 Å². The topological polar surface area (TPSA) is 87.1 Å². The quantitative estimate of drug-likeness (QED) is 0.377. The maximum absolute atomic E-state index is 12.8. The molecule has 1 aromatic carbocycles. The van der Waals surface area contributed by atoms with Crippen molar-refractivity contribution in [1.29, 1.82) is 0 Å². The van der Waals surface area contributed by atoms with E-state index in [4.69, 9.17) is 9.47 Å². The zero-order valence-corrected chi connectivity index (χ0v) is 17.9. The number of carbonyl (C=O) groups is 1. The molecule has 0 aliphatic carbocycles. The lowest BCUT2D eigenvalue weighted by Gasteiger charge is -2.17. The third-order valence-corrected chi connectivity index (χ3v) is 5.62. The molecule has 4 aromatic rings. The summed E-state index contributed by atoms with van der Waals surface area (Å²) in [5, 5.41) is 9.75. The molecule has 0 amide bonds. The first-order chi connectivity index (χ1) is 15.1. The molecular formula is C23H20N4O3S. The van der Waals surface area contributed by atoms with Crippen molar-refractivity contribution in [1.82, 2.24) is 20.2 Å². The number of hydrogen-bond donors (Lipinski definition) is 0. The van der Waals surface area contributed by atoms with Gasteiger partial charge in [0.25, 0.3) is 0 Å². The largest absolute Gasteiger partial charge is 0.493 e. The second kappa shape index (κ2) is 9.44. The number of ether oxygens (including phenoxy) is 2. The molecule has 0 fully saturated rings. The van der Waals surface area contributed by atoms with E-state index in [-0.39, 0.29) is 18.3 Å². The first-order valence-corrected chi connectivity index (χ1v) is 10.5. The Morgan fingerprint density at radius 1 is 1.03 bits per heavy atom. The van der Waals surface area contributed by atoms with Crippen LogP contribution in [-0.2, 0) is 6.42 Å². The molecule has 0 N–H and O–H groups in total. The van der Waals surface area contributed by atoms with E-state index in [1.54, 1.807) is 50.1 Å². The highest BCUT2D eigenvalue weighted by Crippen LogP contribution is 2.32. The highest BCUT2D eigenvalue weighted by Gasteiger charge is 2.17. The van der Waals surface area contributed by atoms with Crippen molar-refractivity contribution in [2.45, 2.75) is 19.4 Å². The van der Waals surface area contributed by atoms with Gasteiger partial charge in [-0.1, -0.05) is 17.4 Å². The lowest BCUT2D eigenvalue weighted by atomic mass is 10.1. The smallest absolute Gasteiger partial charge is 0.169 e. The van der Waals surface area contributed by atoms with Gasteiger partial charge >= 0.3 is 0 Å². The molecule has 1 atom stereocenters. The van der Waals surface area contributed by atoms with Crippen molar-refractivity contribution >= 4 is 17.1 Å². The number of benzene rings is 1. The Morgan fingerprint density at radius 2 is 1.87 bits per heavy atom. The van der Waals surface area contributed by atoms with Gasteiger partial charge in [-0.15, -0.1) is 10.2 Å². The van der Waals surface area contributed by atoms with Crippen LogP contribution in [0, 0.1) is 0 Å². The summed E-state index contributed by atoms with van der Waals surface area (Å²) in [7, 11) is 1.55. The fourth-order valence-corrected chi connectivity index (χ4v) is 3.83. The molecule has 0 aliphatic rings. The number of rotatable bonds is 8. The van der Waals surface area contributed by atoms with E-state index in [1.807, 2.05) is 31.2 Å². The molecule has 31 heavy (non-hydrogen) atoms. The molecule has 0 aliphatic heterocycles. The average Bonchev–Trinajstić information content (AvgIpc) is 3.29. The van der Waals surface area contributed by atoms with Gasteiger partial charge in [-0.3, -0.25) is 14.8 Å². The summed E-state index contributed by atoms with van der Waals surface area (Å²) in [6, 6.07) is 12.7. The summed E-state index contributed by atoms with van der Waals surface area (Å²) in [6.07, 6.45) is 6.83. The molecule has 3 aromatic heterocycles. The van der Waals surface area contributed by atoms with Gasteiger partial charge in [0.05, 0.1) is 13.5 Å². The van der Waals surface area contributed by atoms with Crippen LogP contribution in [0.15, 0.2) is 67.3 Å². The predicted octanol–water partition coefficient (Wildman–Crippen LogP) is 4.57. The normalized spacial score (nSPS) is 11.7. The SMILES string of the molecule is COc1cc(C(=O)Cc2nnc(-c3ccncc3)s2)ccc1O[C@H](C)c1cccnc1. The number of pyridine rings is 2. The third-order valence-electron chi connectivity index (χ3n) is 4.65. The summed E-state index contributed by atoms with van der Waals surface area (Å²) in [5.74, 6) is 0.991. The van der Waals surface area contributed by atoms with E-state index < -0.39 is 0 Å². The zero-order valence-electron chi connectivity index (χ0n) is 17.1. The van der Waals surface area contributed by atoms with E-state index in [9.17, 15) is 4.79 Å². The molecule has 7 nitrogen and oxygen atoms in total. The van der Waals surface area contributed by atoms with Crippen LogP contribution in [0.4, 0.5) is 0 Å². The standard InChI is InChI=1S/C23H20N4O3S/c1-15(18-4-3-9-25-14-18)30-20-6-5-17(12-21(20)29-2)19(28)13-22-26-27-23(31-22)16-7-10-24-11-8-16/h3-12,14-15H,13H2,1-2H3/t15-/m1/s1. The molecule has 0 unspecified atom stereocenters. The number of aromatic nitrogens is 4. The second-order valence-electron chi connectivity index (χ2n) is 6.75. The van der Waals surface area contributed by atoms with Crippen molar-refractivity contribution in [3.05, 3.63) is 83.4 Å². The van der Waals surface area contributed by atoms with Crippen LogP contribution in [0.25, 0.3) is 10.6 Å². The monoisotopic (exact) mass is 432 g/mol. The van der Waals surface area contributed by atoms with E-state index in [1.165, 1.54) is 11.3 Å². The minimum Gasteiger partial charge on any atom is -0.493 e. The summed E-state index contributed by atoms with van der Waals surface area (Å²) in [4.78, 5) is 20.9. The summed E-state index contributed by atoms with van der Waals surface area (Å²) >= 11 is 1.40. The maximum Gasteiger partial charge on any atom is 0.169 e. The van der Waals surface area contributed by atoms with Crippen LogP contribution in [0.5, 0.6) is 11.5 Å². The fraction of sp³-hybridized carbons (Fsp3) is 0.174. The Balaban J connectivity index is 1.47. The lowest BCUT2D eigenvalue weighted by Crippen LogP contribution is -2.07. The van der Waals surface area contributed by atoms with Gasteiger partial charge in [-0.05, 0) is 43.3 Å². The Kier molecular flexibility index (Phi) is 6.28. The van der Waals surface area contributed by atoms with Crippen LogP contribution in [0.3, 0.4) is 0 Å². The van der Waals surface area contributed by atoms with Crippen molar-refractivity contribution in [2.75, 3.05) is 7.11 Å². The predicted molar refractivity (Wildman–Crippen MR) is 117 cm³/mol. The van der Waals surface area contributed by atoms with Crippen LogP contribution in [-0.4, -0.2) is 33.1 Å². The zero-order chi connectivity index (χ0) is 21.6. The first-order valence-electron chi connectivity index (χ1n) is 9.64. The molecule has 156 valence electrons. The number of hydrogen-bond acceptors (Lipinski definition) is 8. The number of ketones is 1. The maximum atomic E-state index is 12.8. The van der Waals surface area contributed by atoms with Crippen molar-refractivity contribution in [2.24, 2.45) is 0 Å². The van der Waals surface area contributed by atoms with E-state index in [0.29, 0.717) is 22.1 Å². The molecule has 4 rings (SSSR count). The Morgan fingerprint density at radius 3 is 2.61 bits per heavy atom. The van der Waals surface area contributed by atoms with Gasteiger partial charge in [0.1, 0.15) is 16.1 Å². The van der Waals surface area contributed by atoms with Gasteiger partial charge in [0, 0.05) is 41.5 Å². The number of Topliss-reactive ketones (excluding diaryl/α,β-unsaturated/α-hetero) is 1. The molecule has 0 saturated carbocycles. The van der Waals surface area contributed by atoms with Gasteiger partial charge in [0.2, 0.25) is 0 Å². The summed E-state index contributed by atoms with van der Waals surface area (Å²) in [5.41, 5.74) is 2.40. The van der Waals surface area contributed by atoms with Gasteiger partial charge in [0.15, 0.2) is 17.3 Å². The van der Waals surface area contributed by atoms with Gasteiger partial charge in [-0.25, -0.2) is 0 Å². The highest BCUT2D eigenvalue weighted by molar-refractivity contribution is 7.14. The third kappa shape index (κ3) is 4.92. The Bertz CT molecular complexity index is 1170. The van der Waals surface area contributed by atoms with Gasteiger partial charge < -0.3 is 9.47 Å². The minimum atomic E-state index is -0.211. The van der Waals surface area contributed by atoms with Crippen LogP contribution in [0.2, 0.25) is 0 Å². The summed E-state index contributed by atoms with van der Waals surface area (Å²) < 4.78 is 11.5. The van der Waals surface area contributed by atoms with E-state index >= 15 is 0 Å². The minimum absolute atomic E-state index is 0.0670. The molecule has 0 spiro atoms. The van der Waals surface area contributed by atoms with Crippen LogP contribution < -0.4 is 9.47 Å². The molecule has 3 heterocycles. The first kappa shape index (κ1) is 20.6. The number of carbonyl (C=O) groups excluding carboxylic acids is 1. The second-order valence-corrected chi connectivity index (χ2v) is 7.81. The lowest BCUT2D eigenvalue weighted by molar-refractivity contribution is 0.0992. The van der Waals surface area contributed by atoms with Crippen molar-refractivity contribution < 1.29 is 14.3 Å². The molecule has 0 bridgehead atoms. The molecule has 0 saturated heterocycles. The Hall–Kier alpha value is -3.65. The highest BCUT2D eigenvalue weighted by atomic mass is 32.1. The average molecular weight is 433 g/mol. The van der Waals surface area contributed by atoms with Crippen molar-refractivity contribution in [3.8, 4) is 22.1 Å². The van der Waals surface area contributed by atoms with Gasteiger partial charge in [-0.2, -0.15) is 0 Å². The summed E-state index contributed by atoms with van der Waals surface area (Å²) in [6.45, 7) is 1.94. The van der Waals surface area contributed by atoms with E-state index in [2.05, 4.69) is 20.2 Å². The number of nitrogens with zero attached hydrogens (tertiary/aromatic N) is 4. The number of methoxy groups -OCH3 is 1. The fourth-order valence-electron chi connectivity index (χ4n) is 2.99. The molecule has 0 radical (unpaired) electrons.